The number of amides is 2. The highest BCUT2D eigenvalue weighted by Crippen LogP contribution is 2.22. The van der Waals surface area contributed by atoms with Gasteiger partial charge >= 0.3 is 0 Å². The molecule has 0 unspecified atom stereocenters. The van der Waals surface area contributed by atoms with Crippen molar-refractivity contribution < 1.29 is 19.1 Å². The molecule has 2 amide bonds. The number of carbonyl (C=O) groups is 2. The third kappa shape index (κ3) is 5.48. The highest BCUT2D eigenvalue weighted by Gasteiger charge is 2.17. The quantitative estimate of drug-likeness (QED) is 0.767. The molecule has 2 rings (SSSR count). The number of benzene rings is 2. The molecule has 2 aromatic rings. The number of hydrogen-bond donors (Lipinski definition) is 2. The van der Waals surface area contributed by atoms with E-state index in [4.69, 9.17) is 9.47 Å². The molecule has 27 heavy (non-hydrogen) atoms. The molecule has 0 radical (unpaired) electrons. The summed E-state index contributed by atoms with van der Waals surface area (Å²) in [6, 6.07) is 11.3. The second-order valence-corrected chi connectivity index (χ2v) is 6.49. The molecule has 0 saturated heterocycles. The minimum Gasteiger partial charge on any atom is -0.496 e. The van der Waals surface area contributed by atoms with Crippen molar-refractivity contribution in [1.29, 1.82) is 0 Å². The van der Waals surface area contributed by atoms with Crippen LogP contribution in [0.3, 0.4) is 0 Å². The number of ether oxygens (including phenoxy) is 2. The topological polar surface area (TPSA) is 76.7 Å². The normalized spacial score (nSPS) is 11.4. The van der Waals surface area contributed by atoms with Crippen molar-refractivity contribution in [2.45, 2.75) is 40.2 Å². The van der Waals surface area contributed by atoms with Crippen LogP contribution in [0.25, 0.3) is 0 Å². The van der Waals surface area contributed by atoms with E-state index in [0.717, 1.165) is 22.3 Å². The molecule has 2 aromatic carbocycles. The average Bonchev–Trinajstić information content (AvgIpc) is 2.63. The Balaban J connectivity index is 1.90. The van der Waals surface area contributed by atoms with Gasteiger partial charge in [0, 0.05) is 5.56 Å². The van der Waals surface area contributed by atoms with Gasteiger partial charge in [-0.2, -0.15) is 0 Å². The van der Waals surface area contributed by atoms with E-state index in [0.29, 0.717) is 11.5 Å². The fraction of sp³-hybridized carbons (Fsp3) is 0.333. The first-order valence-electron chi connectivity index (χ1n) is 8.77. The summed E-state index contributed by atoms with van der Waals surface area (Å²) in [7, 11) is 1.56. The number of methoxy groups -OCH3 is 1. The minimum atomic E-state index is -0.751. The van der Waals surface area contributed by atoms with E-state index in [1.54, 1.807) is 14.0 Å². The lowest BCUT2D eigenvalue weighted by molar-refractivity contribution is -0.132. The predicted octanol–water partition coefficient (Wildman–Crippen LogP) is 2.78. The first kappa shape index (κ1) is 20.3. The van der Waals surface area contributed by atoms with Crippen molar-refractivity contribution in [2.75, 3.05) is 7.11 Å². The molecule has 0 aliphatic carbocycles. The van der Waals surface area contributed by atoms with Crippen LogP contribution < -0.4 is 20.3 Å². The zero-order valence-electron chi connectivity index (χ0n) is 16.4. The highest BCUT2D eigenvalue weighted by atomic mass is 16.5. The van der Waals surface area contributed by atoms with E-state index in [1.165, 1.54) is 0 Å². The molecule has 144 valence electrons. The first-order valence-corrected chi connectivity index (χ1v) is 8.77. The first-order chi connectivity index (χ1) is 12.8. The van der Waals surface area contributed by atoms with Crippen molar-refractivity contribution in [3.05, 3.63) is 58.7 Å². The zero-order chi connectivity index (χ0) is 20.0. The van der Waals surface area contributed by atoms with Gasteiger partial charge in [-0.15, -0.1) is 0 Å². The number of hydrogen-bond acceptors (Lipinski definition) is 4. The van der Waals surface area contributed by atoms with E-state index in [1.807, 2.05) is 57.2 Å². The fourth-order valence-corrected chi connectivity index (χ4v) is 2.59. The maximum atomic E-state index is 12.2. The van der Waals surface area contributed by atoms with Gasteiger partial charge in [0.15, 0.2) is 6.10 Å². The van der Waals surface area contributed by atoms with Gasteiger partial charge in [-0.05, 0) is 51.0 Å². The maximum absolute atomic E-state index is 12.2. The van der Waals surface area contributed by atoms with Crippen LogP contribution in [-0.2, 0) is 16.0 Å². The van der Waals surface area contributed by atoms with Crippen LogP contribution >= 0.6 is 0 Å². The fourth-order valence-electron chi connectivity index (χ4n) is 2.59. The average molecular weight is 370 g/mol. The molecule has 2 N–H and O–H groups in total. The van der Waals surface area contributed by atoms with E-state index in [-0.39, 0.29) is 12.3 Å². The molecule has 1 atom stereocenters. The summed E-state index contributed by atoms with van der Waals surface area (Å²) >= 11 is 0. The molecule has 0 aromatic heterocycles. The summed E-state index contributed by atoms with van der Waals surface area (Å²) < 4.78 is 11.0. The molecule has 0 aliphatic heterocycles. The number of rotatable bonds is 6. The van der Waals surface area contributed by atoms with Crippen LogP contribution in [0.15, 0.2) is 36.4 Å². The van der Waals surface area contributed by atoms with Crippen LogP contribution in [-0.4, -0.2) is 25.0 Å². The smallest absolute Gasteiger partial charge is 0.279 e. The van der Waals surface area contributed by atoms with Crippen molar-refractivity contribution in [2.24, 2.45) is 0 Å². The lowest BCUT2D eigenvalue weighted by Gasteiger charge is -2.17. The Morgan fingerprint density at radius 1 is 1.04 bits per heavy atom. The van der Waals surface area contributed by atoms with Crippen molar-refractivity contribution in [3.8, 4) is 11.5 Å². The van der Waals surface area contributed by atoms with Crippen molar-refractivity contribution in [3.63, 3.8) is 0 Å². The van der Waals surface area contributed by atoms with Gasteiger partial charge in [0.05, 0.1) is 13.5 Å². The lowest BCUT2D eigenvalue weighted by Crippen LogP contribution is -2.47. The van der Waals surface area contributed by atoms with Crippen LogP contribution in [0.5, 0.6) is 11.5 Å². The van der Waals surface area contributed by atoms with Gasteiger partial charge in [-0.3, -0.25) is 20.4 Å². The summed E-state index contributed by atoms with van der Waals surface area (Å²) in [4.78, 5) is 24.4. The Morgan fingerprint density at radius 2 is 1.78 bits per heavy atom. The van der Waals surface area contributed by atoms with Gasteiger partial charge in [-0.1, -0.05) is 29.8 Å². The summed E-state index contributed by atoms with van der Waals surface area (Å²) in [6.07, 6.45) is -0.656. The summed E-state index contributed by atoms with van der Waals surface area (Å²) in [6.45, 7) is 7.49. The van der Waals surface area contributed by atoms with E-state index >= 15 is 0 Å². The number of nitrogens with one attached hydrogen (secondary N) is 2. The van der Waals surface area contributed by atoms with Gasteiger partial charge < -0.3 is 9.47 Å². The zero-order valence-corrected chi connectivity index (χ0v) is 16.4. The van der Waals surface area contributed by atoms with Crippen LogP contribution in [0.4, 0.5) is 0 Å². The minimum absolute atomic E-state index is 0.0946. The monoisotopic (exact) mass is 370 g/mol. The summed E-state index contributed by atoms with van der Waals surface area (Å²) in [5.74, 6) is 0.508. The van der Waals surface area contributed by atoms with Crippen molar-refractivity contribution >= 4 is 11.8 Å². The Kier molecular flexibility index (Phi) is 6.82. The maximum Gasteiger partial charge on any atom is 0.279 e. The van der Waals surface area contributed by atoms with Crippen molar-refractivity contribution in [1.82, 2.24) is 10.9 Å². The third-order valence-corrected chi connectivity index (χ3v) is 4.34. The third-order valence-electron chi connectivity index (χ3n) is 4.34. The van der Waals surface area contributed by atoms with Gasteiger partial charge in [0.2, 0.25) is 5.91 Å². The van der Waals surface area contributed by atoms with Gasteiger partial charge in [0.1, 0.15) is 11.5 Å². The van der Waals surface area contributed by atoms with Gasteiger partial charge in [-0.25, -0.2) is 0 Å². The van der Waals surface area contributed by atoms with Gasteiger partial charge in [0.25, 0.3) is 5.91 Å². The Labute approximate surface area is 159 Å². The molecule has 6 heteroatoms. The summed E-state index contributed by atoms with van der Waals surface area (Å²) in [5.41, 5.74) is 8.67. The molecule has 0 fully saturated rings. The highest BCUT2D eigenvalue weighted by molar-refractivity contribution is 5.85. The molecule has 0 heterocycles. The summed E-state index contributed by atoms with van der Waals surface area (Å²) in [5, 5.41) is 0. The second kappa shape index (κ2) is 9.07. The van der Waals surface area contributed by atoms with E-state index in [9.17, 15) is 9.59 Å². The molecule has 0 spiro atoms. The molecule has 0 bridgehead atoms. The largest absolute Gasteiger partial charge is 0.496 e. The second-order valence-electron chi connectivity index (χ2n) is 6.49. The lowest BCUT2D eigenvalue weighted by atomic mass is 10.1. The molecule has 6 nitrogen and oxygen atoms in total. The Bertz CT molecular complexity index is 833. The number of hydrazine groups is 1. The Hall–Kier alpha value is -3.02. The van der Waals surface area contributed by atoms with Crippen LogP contribution in [0.1, 0.15) is 29.2 Å². The standard InChI is InChI=1S/C21H26N2O4/c1-13-9-10-19(26-5)17(11-13)12-20(24)22-23-21(25)16(4)27-18-8-6-7-14(2)15(18)3/h6-11,16H,12H2,1-5H3,(H,22,24)(H,23,25)/t16-/m1/s1. The number of carbonyl (C=O) groups excluding carboxylic acids is 2. The molecule has 0 aliphatic rings. The van der Waals surface area contributed by atoms with Crippen LogP contribution in [0, 0.1) is 20.8 Å². The number of aryl methyl sites for hydroxylation is 2. The molecular weight excluding hydrogens is 344 g/mol. The Morgan fingerprint density at radius 3 is 2.48 bits per heavy atom. The molecular formula is C21H26N2O4. The predicted molar refractivity (Wildman–Crippen MR) is 104 cm³/mol. The SMILES string of the molecule is COc1ccc(C)cc1CC(=O)NNC(=O)[C@@H](C)Oc1cccc(C)c1C. The van der Waals surface area contributed by atoms with E-state index < -0.39 is 12.0 Å². The van der Waals surface area contributed by atoms with E-state index in [2.05, 4.69) is 10.9 Å². The van der Waals surface area contributed by atoms with Crippen LogP contribution in [0.2, 0.25) is 0 Å². The molecule has 0 saturated carbocycles.